The topological polar surface area (TPSA) is 109 Å². The lowest BCUT2D eigenvalue weighted by atomic mass is 9.83. The normalized spacial score (nSPS) is 16.8. The van der Waals surface area contributed by atoms with Crippen LogP contribution in [0.25, 0.3) is 0 Å². The molecule has 0 radical (unpaired) electrons. The molecule has 2 rings (SSSR count). The summed E-state index contributed by atoms with van der Waals surface area (Å²) in [6, 6.07) is 9.44. The van der Waals surface area contributed by atoms with Crippen LogP contribution in [0.5, 0.6) is 0 Å². The largest absolute Gasteiger partial charge is 0.463 e. The van der Waals surface area contributed by atoms with Crippen LogP contribution in [0.15, 0.2) is 47.1 Å². The van der Waals surface area contributed by atoms with Gasteiger partial charge in [0, 0.05) is 19.3 Å². The average molecular weight is 357 g/mol. The Morgan fingerprint density at radius 3 is 2.62 bits per heavy atom. The van der Waals surface area contributed by atoms with Gasteiger partial charge < -0.3 is 25.2 Å². The van der Waals surface area contributed by atoms with Gasteiger partial charge in [-0.25, -0.2) is 4.79 Å². The molecule has 26 heavy (non-hydrogen) atoms. The van der Waals surface area contributed by atoms with E-state index in [1.807, 2.05) is 36.2 Å². The van der Waals surface area contributed by atoms with Crippen LogP contribution in [0, 0.1) is 11.3 Å². The number of aliphatic hydroxyl groups is 1. The highest BCUT2D eigenvalue weighted by atomic mass is 16.5. The number of nitriles is 1. The van der Waals surface area contributed by atoms with Crippen LogP contribution < -0.4 is 10.6 Å². The second kappa shape index (κ2) is 8.41. The lowest BCUT2D eigenvalue weighted by Gasteiger charge is -2.27. The van der Waals surface area contributed by atoms with Crippen molar-refractivity contribution in [1.29, 1.82) is 5.26 Å². The summed E-state index contributed by atoms with van der Waals surface area (Å²) < 4.78 is 10.5. The van der Waals surface area contributed by atoms with Gasteiger partial charge in [-0.3, -0.25) is 0 Å². The highest BCUT2D eigenvalue weighted by Crippen LogP contribution is 2.39. The molecule has 0 aromatic heterocycles. The van der Waals surface area contributed by atoms with E-state index in [9.17, 15) is 10.1 Å². The fourth-order valence-electron chi connectivity index (χ4n) is 2.89. The number of allylic oxidation sites excluding steroid dienone is 2. The first-order valence-corrected chi connectivity index (χ1v) is 8.32. The van der Waals surface area contributed by atoms with Gasteiger partial charge in [0.1, 0.15) is 17.4 Å². The summed E-state index contributed by atoms with van der Waals surface area (Å²) in [4.78, 5) is 14.4. The number of aliphatic hydroxyl groups excluding tert-OH is 1. The monoisotopic (exact) mass is 357 g/mol. The molecule has 1 aliphatic rings. The summed E-state index contributed by atoms with van der Waals surface area (Å²) in [6.45, 7) is 4.11. The number of nitrogens with two attached hydrogens (primary N) is 1. The first-order chi connectivity index (χ1) is 12.4. The van der Waals surface area contributed by atoms with Crippen molar-refractivity contribution in [1.82, 2.24) is 0 Å². The standard InChI is InChI=1S/C19H23N3O4/c1-4-25-19(24)16-12(2)26-18(21)15(11-20)17(16)13-5-7-14(8-6-13)22(3)9-10-23/h5-8,17,23H,4,9-10,21H2,1-3H3. The zero-order valence-electron chi connectivity index (χ0n) is 15.2. The maximum absolute atomic E-state index is 12.5. The number of hydrogen-bond donors (Lipinski definition) is 2. The van der Waals surface area contributed by atoms with Gasteiger partial charge in [0.15, 0.2) is 0 Å². The highest BCUT2D eigenvalue weighted by molar-refractivity contribution is 5.92. The van der Waals surface area contributed by atoms with Gasteiger partial charge >= 0.3 is 5.97 Å². The lowest BCUT2D eigenvalue weighted by Crippen LogP contribution is -2.25. The third-order valence-corrected chi connectivity index (χ3v) is 4.20. The van der Waals surface area contributed by atoms with Crippen LogP contribution in [0.2, 0.25) is 0 Å². The van der Waals surface area contributed by atoms with Crippen molar-refractivity contribution in [3.8, 4) is 6.07 Å². The van der Waals surface area contributed by atoms with Crippen molar-refractivity contribution in [2.24, 2.45) is 5.73 Å². The van der Waals surface area contributed by atoms with Crippen LogP contribution in [0.4, 0.5) is 5.69 Å². The molecule has 3 N–H and O–H groups in total. The number of ether oxygens (including phenoxy) is 2. The Bertz CT molecular complexity index is 775. The molecular formula is C19H23N3O4. The Morgan fingerprint density at radius 1 is 1.42 bits per heavy atom. The molecule has 7 heteroatoms. The second-order valence-electron chi connectivity index (χ2n) is 5.85. The van der Waals surface area contributed by atoms with Gasteiger partial charge in [-0.2, -0.15) is 5.26 Å². The number of likely N-dealkylation sites (N-methyl/N-ethyl adjacent to an activating group) is 1. The molecule has 1 atom stereocenters. The van der Waals surface area contributed by atoms with Crippen molar-refractivity contribution in [2.75, 3.05) is 31.7 Å². The van der Waals surface area contributed by atoms with Crippen LogP contribution in [-0.2, 0) is 14.3 Å². The lowest BCUT2D eigenvalue weighted by molar-refractivity contribution is -0.139. The third kappa shape index (κ3) is 3.81. The molecule has 0 bridgehead atoms. The van der Waals surface area contributed by atoms with Crippen molar-refractivity contribution in [3.63, 3.8) is 0 Å². The minimum atomic E-state index is -0.648. The van der Waals surface area contributed by atoms with Crippen molar-refractivity contribution >= 4 is 11.7 Å². The Hall–Kier alpha value is -2.98. The smallest absolute Gasteiger partial charge is 0.338 e. The first kappa shape index (κ1) is 19.3. The maximum atomic E-state index is 12.5. The minimum absolute atomic E-state index is 0.00970. The number of hydrogen-bond acceptors (Lipinski definition) is 7. The fourth-order valence-corrected chi connectivity index (χ4v) is 2.89. The Kier molecular flexibility index (Phi) is 6.26. The highest BCUT2D eigenvalue weighted by Gasteiger charge is 2.36. The molecule has 1 aromatic rings. The number of rotatable bonds is 6. The molecule has 0 saturated heterocycles. The number of anilines is 1. The van der Waals surface area contributed by atoms with Gasteiger partial charge in [0.2, 0.25) is 5.88 Å². The molecule has 7 nitrogen and oxygen atoms in total. The summed E-state index contributed by atoms with van der Waals surface area (Å²) in [5, 5.41) is 18.6. The maximum Gasteiger partial charge on any atom is 0.338 e. The van der Waals surface area contributed by atoms with E-state index < -0.39 is 11.9 Å². The number of esters is 1. The molecule has 1 aromatic carbocycles. The third-order valence-electron chi connectivity index (χ3n) is 4.20. The molecule has 0 amide bonds. The number of benzene rings is 1. The summed E-state index contributed by atoms with van der Waals surface area (Å²) in [6.07, 6.45) is 0. The number of carbonyl (C=O) groups excluding carboxylic acids is 1. The van der Waals surface area contributed by atoms with Gasteiger partial charge in [-0.05, 0) is 31.5 Å². The van der Waals surface area contributed by atoms with Gasteiger partial charge in [-0.1, -0.05) is 12.1 Å². The van der Waals surface area contributed by atoms with Crippen LogP contribution in [0.1, 0.15) is 25.3 Å². The fraction of sp³-hybridized carbons (Fsp3) is 0.368. The minimum Gasteiger partial charge on any atom is -0.463 e. The molecule has 1 aliphatic heterocycles. The van der Waals surface area contributed by atoms with Gasteiger partial charge in [0.05, 0.1) is 24.7 Å². The molecule has 0 saturated carbocycles. The Balaban J connectivity index is 2.48. The molecule has 138 valence electrons. The van der Waals surface area contributed by atoms with E-state index >= 15 is 0 Å². The van der Waals surface area contributed by atoms with E-state index in [2.05, 4.69) is 6.07 Å². The van der Waals surface area contributed by atoms with Crippen molar-refractivity contribution in [3.05, 3.63) is 52.6 Å². The molecule has 0 spiro atoms. The molecule has 1 unspecified atom stereocenters. The molecule has 0 fully saturated rings. The summed E-state index contributed by atoms with van der Waals surface area (Å²) >= 11 is 0. The molecule has 0 aliphatic carbocycles. The summed E-state index contributed by atoms with van der Waals surface area (Å²) in [5.74, 6) is -0.863. The average Bonchev–Trinajstić information content (AvgIpc) is 2.61. The van der Waals surface area contributed by atoms with E-state index in [0.717, 1.165) is 11.3 Å². The van der Waals surface area contributed by atoms with E-state index in [4.69, 9.17) is 20.3 Å². The van der Waals surface area contributed by atoms with Crippen molar-refractivity contribution in [2.45, 2.75) is 19.8 Å². The zero-order valence-corrected chi connectivity index (χ0v) is 15.2. The quantitative estimate of drug-likeness (QED) is 0.747. The molecular weight excluding hydrogens is 334 g/mol. The van der Waals surface area contributed by atoms with Gasteiger partial charge in [-0.15, -0.1) is 0 Å². The number of nitrogens with zero attached hydrogens (tertiary/aromatic N) is 2. The van der Waals surface area contributed by atoms with E-state index in [1.54, 1.807) is 13.8 Å². The molecule has 1 heterocycles. The summed E-state index contributed by atoms with van der Waals surface area (Å²) in [7, 11) is 1.87. The first-order valence-electron chi connectivity index (χ1n) is 8.32. The number of carbonyl (C=O) groups is 1. The SMILES string of the molecule is CCOC(=O)C1=C(C)OC(N)=C(C#N)C1c1ccc(N(C)CCO)cc1. The van der Waals surface area contributed by atoms with E-state index in [0.29, 0.717) is 12.3 Å². The van der Waals surface area contributed by atoms with Crippen LogP contribution >= 0.6 is 0 Å². The van der Waals surface area contributed by atoms with E-state index in [-0.39, 0.29) is 30.2 Å². The van der Waals surface area contributed by atoms with Crippen LogP contribution in [-0.4, -0.2) is 37.9 Å². The van der Waals surface area contributed by atoms with E-state index in [1.165, 1.54) is 0 Å². The van der Waals surface area contributed by atoms with Crippen LogP contribution in [0.3, 0.4) is 0 Å². The second-order valence-corrected chi connectivity index (χ2v) is 5.85. The predicted molar refractivity (Wildman–Crippen MR) is 96.8 cm³/mol. The van der Waals surface area contributed by atoms with Crippen molar-refractivity contribution < 1.29 is 19.4 Å². The van der Waals surface area contributed by atoms with Gasteiger partial charge in [0.25, 0.3) is 0 Å². The summed E-state index contributed by atoms with van der Waals surface area (Å²) in [5.41, 5.74) is 7.96. The predicted octanol–water partition coefficient (Wildman–Crippen LogP) is 1.76. The zero-order chi connectivity index (χ0) is 19.3. The Labute approximate surface area is 152 Å². The Morgan fingerprint density at radius 2 is 2.08 bits per heavy atom.